The molecule has 6 heteroatoms. The van der Waals surface area contributed by atoms with E-state index in [1.54, 1.807) is 7.11 Å². The van der Waals surface area contributed by atoms with Crippen LogP contribution in [0, 0.1) is 0 Å². The molecular formula is C16H26IN3O2. The van der Waals surface area contributed by atoms with Crippen LogP contribution in [0.3, 0.4) is 0 Å². The Labute approximate surface area is 149 Å². The molecule has 22 heavy (non-hydrogen) atoms. The zero-order valence-corrected chi connectivity index (χ0v) is 16.1. The predicted molar refractivity (Wildman–Crippen MR) is 101 cm³/mol. The lowest BCUT2D eigenvalue weighted by Gasteiger charge is -2.12. The molecule has 0 radical (unpaired) electrons. The lowest BCUT2D eigenvalue weighted by molar-refractivity contribution is 0.254. The summed E-state index contributed by atoms with van der Waals surface area (Å²) in [6.45, 7) is 8.43. The topological polar surface area (TPSA) is 54.9 Å². The van der Waals surface area contributed by atoms with Crippen molar-refractivity contribution in [1.82, 2.24) is 10.6 Å². The van der Waals surface area contributed by atoms with Crippen LogP contribution in [0.4, 0.5) is 0 Å². The minimum absolute atomic E-state index is 0. The van der Waals surface area contributed by atoms with Crippen LogP contribution < -0.4 is 20.1 Å². The summed E-state index contributed by atoms with van der Waals surface area (Å²) < 4.78 is 11.3. The fourth-order valence-electron chi connectivity index (χ4n) is 2.47. The van der Waals surface area contributed by atoms with Gasteiger partial charge < -0.3 is 20.1 Å². The van der Waals surface area contributed by atoms with E-state index in [0.29, 0.717) is 6.54 Å². The van der Waals surface area contributed by atoms with Crippen molar-refractivity contribution in [2.45, 2.75) is 39.8 Å². The number of rotatable bonds is 5. The summed E-state index contributed by atoms with van der Waals surface area (Å²) in [7, 11) is 1.70. The summed E-state index contributed by atoms with van der Waals surface area (Å²) in [6, 6.07) is 4.13. The highest BCUT2D eigenvalue weighted by molar-refractivity contribution is 14.0. The van der Waals surface area contributed by atoms with E-state index in [2.05, 4.69) is 48.5 Å². The maximum absolute atomic E-state index is 5.81. The first-order valence-corrected chi connectivity index (χ1v) is 7.56. The fraction of sp³-hybridized carbons (Fsp3) is 0.562. The first-order valence-electron chi connectivity index (χ1n) is 7.56. The maximum atomic E-state index is 5.81. The molecule has 1 aromatic rings. The molecule has 0 saturated heterocycles. The van der Waals surface area contributed by atoms with Crippen LogP contribution in [0.2, 0.25) is 0 Å². The first kappa shape index (κ1) is 18.9. The van der Waals surface area contributed by atoms with Crippen molar-refractivity contribution in [3.05, 3.63) is 23.3 Å². The summed E-state index contributed by atoms with van der Waals surface area (Å²) in [5.74, 6) is 2.65. The van der Waals surface area contributed by atoms with Gasteiger partial charge in [0.2, 0.25) is 0 Å². The van der Waals surface area contributed by atoms with Crippen LogP contribution in [0.15, 0.2) is 17.1 Å². The molecule has 0 bridgehead atoms. The quantitative estimate of drug-likeness (QED) is 0.438. The van der Waals surface area contributed by atoms with Crippen molar-refractivity contribution in [2.24, 2.45) is 4.99 Å². The van der Waals surface area contributed by atoms with Crippen LogP contribution in [0.5, 0.6) is 11.5 Å². The minimum Gasteiger partial charge on any atom is -0.496 e. The maximum Gasteiger partial charge on any atom is 0.191 e. The molecule has 0 saturated carbocycles. The van der Waals surface area contributed by atoms with Crippen molar-refractivity contribution >= 4 is 29.9 Å². The number of guanidine groups is 1. The third-order valence-electron chi connectivity index (χ3n) is 3.40. The molecule has 2 rings (SSSR count). The second kappa shape index (κ2) is 9.07. The second-order valence-electron chi connectivity index (χ2n) is 5.13. The normalized spacial score (nSPS) is 15.2. The average Bonchev–Trinajstić information content (AvgIpc) is 2.83. The highest BCUT2D eigenvalue weighted by atomic mass is 127. The van der Waals surface area contributed by atoms with Crippen LogP contribution in [0.1, 0.15) is 31.9 Å². The van der Waals surface area contributed by atoms with Crippen molar-refractivity contribution in [3.63, 3.8) is 0 Å². The van der Waals surface area contributed by atoms with Gasteiger partial charge in [-0.05, 0) is 32.9 Å². The lowest BCUT2D eigenvalue weighted by Crippen LogP contribution is -2.36. The number of ether oxygens (including phenoxy) is 2. The smallest absolute Gasteiger partial charge is 0.191 e. The zero-order valence-electron chi connectivity index (χ0n) is 13.7. The number of benzene rings is 1. The van der Waals surface area contributed by atoms with E-state index in [1.807, 2.05) is 0 Å². The zero-order chi connectivity index (χ0) is 15.2. The highest BCUT2D eigenvalue weighted by Crippen LogP contribution is 2.35. The molecule has 0 fully saturated rings. The fourth-order valence-corrected chi connectivity index (χ4v) is 2.47. The molecule has 2 N–H and O–H groups in total. The molecule has 1 aliphatic rings. The van der Waals surface area contributed by atoms with E-state index in [0.717, 1.165) is 42.5 Å². The molecule has 5 nitrogen and oxygen atoms in total. The van der Waals surface area contributed by atoms with Crippen LogP contribution in [0.25, 0.3) is 0 Å². The Morgan fingerprint density at radius 2 is 2.00 bits per heavy atom. The van der Waals surface area contributed by atoms with Gasteiger partial charge in [0.15, 0.2) is 5.96 Å². The molecule has 124 valence electrons. The summed E-state index contributed by atoms with van der Waals surface area (Å²) in [6.07, 6.45) is 1.18. The van der Waals surface area contributed by atoms with E-state index < -0.39 is 0 Å². The number of fused-ring (bicyclic) bond motifs is 1. The molecule has 1 unspecified atom stereocenters. The van der Waals surface area contributed by atoms with Gasteiger partial charge >= 0.3 is 0 Å². The second-order valence-corrected chi connectivity index (χ2v) is 5.13. The van der Waals surface area contributed by atoms with Gasteiger partial charge in [-0.2, -0.15) is 0 Å². The Balaban J connectivity index is 0.00000242. The van der Waals surface area contributed by atoms with Gasteiger partial charge in [0.1, 0.15) is 17.6 Å². The molecule has 1 heterocycles. The van der Waals surface area contributed by atoms with Gasteiger partial charge in [-0.15, -0.1) is 24.0 Å². The van der Waals surface area contributed by atoms with Crippen LogP contribution in [-0.2, 0) is 13.0 Å². The van der Waals surface area contributed by atoms with Crippen molar-refractivity contribution in [1.29, 1.82) is 0 Å². The van der Waals surface area contributed by atoms with Gasteiger partial charge in [0, 0.05) is 30.6 Å². The summed E-state index contributed by atoms with van der Waals surface area (Å²) in [5, 5.41) is 6.43. The van der Waals surface area contributed by atoms with E-state index in [1.165, 1.54) is 5.56 Å². The van der Waals surface area contributed by atoms with E-state index in [9.17, 15) is 0 Å². The predicted octanol–water partition coefficient (Wildman–Crippen LogP) is 2.71. The van der Waals surface area contributed by atoms with Gasteiger partial charge in [-0.25, -0.2) is 4.99 Å². The Morgan fingerprint density at radius 3 is 2.59 bits per heavy atom. The van der Waals surface area contributed by atoms with E-state index >= 15 is 0 Å². The summed E-state index contributed by atoms with van der Waals surface area (Å²) in [5.41, 5.74) is 2.25. The first-order chi connectivity index (χ1) is 10.2. The van der Waals surface area contributed by atoms with Gasteiger partial charge in [-0.1, -0.05) is 0 Å². The number of nitrogens with one attached hydrogen (secondary N) is 2. The SMILES string of the molecule is CCNC(=NCc1cc2c(cc1OC)CC(C)O2)NCC.I. The Morgan fingerprint density at radius 1 is 1.32 bits per heavy atom. The Hall–Kier alpha value is -1.18. The molecule has 1 aliphatic heterocycles. The molecule has 0 aliphatic carbocycles. The largest absolute Gasteiger partial charge is 0.496 e. The van der Waals surface area contributed by atoms with Gasteiger partial charge in [0.05, 0.1) is 13.7 Å². The highest BCUT2D eigenvalue weighted by Gasteiger charge is 2.21. The molecule has 0 aromatic heterocycles. The van der Waals surface area contributed by atoms with E-state index in [-0.39, 0.29) is 30.1 Å². The van der Waals surface area contributed by atoms with Crippen molar-refractivity contribution < 1.29 is 9.47 Å². The van der Waals surface area contributed by atoms with E-state index in [4.69, 9.17) is 9.47 Å². The van der Waals surface area contributed by atoms with Gasteiger partial charge in [-0.3, -0.25) is 0 Å². The third-order valence-corrected chi connectivity index (χ3v) is 3.40. The third kappa shape index (κ3) is 4.66. The van der Waals surface area contributed by atoms with Gasteiger partial charge in [0.25, 0.3) is 0 Å². The minimum atomic E-state index is 0. The monoisotopic (exact) mass is 419 g/mol. The van der Waals surface area contributed by atoms with Crippen LogP contribution in [-0.4, -0.2) is 32.3 Å². The molecular weight excluding hydrogens is 393 g/mol. The number of methoxy groups -OCH3 is 1. The van der Waals surface area contributed by atoms with Crippen molar-refractivity contribution in [2.75, 3.05) is 20.2 Å². The molecule has 1 aromatic carbocycles. The number of nitrogens with zero attached hydrogens (tertiary/aromatic N) is 1. The molecule has 0 amide bonds. The Kier molecular flexibility index (Phi) is 7.78. The number of hydrogen-bond donors (Lipinski definition) is 2. The Bertz CT molecular complexity index is 512. The van der Waals surface area contributed by atoms with Crippen LogP contribution >= 0.6 is 24.0 Å². The van der Waals surface area contributed by atoms with Crippen molar-refractivity contribution in [3.8, 4) is 11.5 Å². The summed E-state index contributed by atoms with van der Waals surface area (Å²) >= 11 is 0. The number of hydrogen-bond acceptors (Lipinski definition) is 3. The lowest BCUT2D eigenvalue weighted by atomic mass is 10.1. The standard InChI is InChI=1S/C16H25N3O2.HI/c1-5-17-16(18-6-2)19-10-13-9-15-12(7-11(3)21-15)8-14(13)20-4;/h8-9,11H,5-7,10H2,1-4H3,(H2,17,18,19);1H. The molecule has 0 spiro atoms. The number of aliphatic imine (C=N–C) groups is 1. The average molecular weight is 419 g/mol. The number of halogens is 1. The summed E-state index contributed by atoms with van der Waals surface area (Å²) in [4.78, 5) is 4.59. The molecule has 1 atom stereocenters.